The molecule has 4 rings (SSSR count). The Morgan fingerprint density at radius 2 is 2.14 bits per heavy atom. The first-order chi connectivity index (χ1) is 18.0. The van der Waals surface area contributed by atoms with E-state index in [1.54, 1.807) is 18.2 Å². The third-order valence-electron chi connectivity index (χ3n) is 6.09. The molecule has 3 aromatic rings. The number of anilines is 3. The Kier molecular flexibility index (Phi) is 8.67. The van der Waals surface area contributed by atoms with E-state index in [0.29, 0.717) is 53.6 Å². The van der Waals surface area contributed by atoms with Crippen molar-refractivity contribution in [2.75, 3.05) is 43.5 Å². The molecule has 1 aromatic heterocycles. The zero-order valence-corrected chi connectivity index (χ0v) is 21.0. The van der Waals surface area contributed by atoms with E-state index in [-0.39, 0.29) is 17.6 Å². The highest BCUT2D eigenvalue weighted by Crippen LogP contribution is 2.34. The second-order valence-electron chi connectivity index (χ2n) is 8.53. The van der Waals surface area contributed by atoms with E-state index in [0.717, 1.165) is 19.5 Å². The van der Waals surface area contributed by atoms with Gasteiger partial charge in [0.15, 0.2) is 0 Å². The number of carbonyl (C=O) groups excluding carboxylic acids is 1. The lowest BCUT2D eigenvalue weighted by Crippen LogP contribution is -2.23. The van der Waals surface area contributed by atoms with Crippen molar-refractivity contribution >= 4 is 34.0 Å². The summed E-state index contributed by atoms with van der Waals surface area (Å²) in [5, 5.41) is 6.75. The summed E-state index contributed by atoms with van der Waals surface area (Å²) >= 11 is 0. The number of likely N-dealkylation sites (N-methyl/N-ethyl adjacent to an activating group) is 1. The van der Waals surface area contributed by atoms with Crippen LogP contribution < -0.4 is 15.4 Å². The van der Waals surface area contributed by atoms with Crippen LogP contribution in [0.1, 0.15) is 25.8 Å². The number of carbonyl (C=O) groups is 1. The van der Waals surface area contributed by atoms with Crippen LogP contribution in [0.25, 0.3) is 10.9 Å². The Balaban J connectivity index is 1.65. The SMILES string of the molecule is C#Cc1cc(Nc2ncnc3cc(O[C@H]4CCOC4)c(NC(=O)/C=C/CN(CC)CC)cc23)ccc1F. The van der Waals surface area contributed by atoms with Gasteiger partial charge >= 0.3 is 0 Å². The molecule has 0 unspecified atom stereocenters. The maximum Gasteiger partial charge on any atom is 0.248 e. The molecule has 2 N–H and O–H groups in total. The molecule has 1 atom stereocenters. The van der Waals surface area contributed by atoms with E-state index in [1.807, 2.05) is 6.08 Å². The quantitative estimate of drug-likeness (QED) is 0.311. The first kappa shape index (κ1) is 26.1. The van der Waals surface area contributed by atoms with Gasteiger partial charge in [0, 0.05) is 36.2 Å². The van der Waals surface area contributed by atoms with Gasteiger partial charge in [0.1, 0.15) is 29.8 Å². The van der Waals surface area contributed by atoms with Gasteiger partial charge in [-0.2, -0.15) is 0 Å². The van der Waals surface area contributed by atoms with Crippen molar-refractivity contribution in [3.05, 3.63) is 60.2 Å². The molecule has 1 saturated heterocycles. The van der Waals surface area contributed by atoms with E-state index in [1.165, 1.54) is 24.5 Å². The fourth-order valence-corrected chi connectivity index (χ4v) is 3.98. The number of ether oxygens (including phenoxy) is 2. The minimum absolute atomic E-state index is 0.118. The standard InChI is InChI=1S/C28H30FN5O3/c1-4-19-14-20(9-10-23(19)29)32-28-22-15-25(33-27(35)8-7-12-34(5-2)6-3)26(16-24(22)30-18-31-28)37-21-11-13-36-17-21/h1,7-10,14-16,18,21H,5-6,11-13,17H2,2-3H3,(H,33,35)(H,30,31,32)/b8-7+/t21-/m0/s1. The minimum Gasteiger partial charge on any atom is -0.486 e. The first-order valence-corrected chi connectivity index (χ1v) is 12.3. The maximum absolute atomic E-state index is 13.9. The van der Waals surface area contributed by atoms with Crippen LogP contribution in [0.2, 0.25) is 0 Å². The molecule has 1 aliphatic heterocycles. The molecule has 2 heterocycles. The van der Waals surface area contributed by atoms with Gasteiger partial charge < -0.3 is 25.0 Å². The molecular formula is C28H30FN5O3. The number of rotatable bonds is 10. The zero-order valence-electron chi connectivity index (χ0n) is 21.0. The molecule has 0 spiro atoms. The summed E-state index contributed by atoms with van der Waals surface area (Å²) in [5.41, 5.74) is 1.81. The van der Waals surface area contributed by atoms with Crippen LogP contribution in [-0.4, -0.2) is 59.7 Å². The van der Waals surface area contributed by atoms with Crippen molar-refractivity contribution in [1.82, 2.24) is 14.9 Å². The second kappa shape index (κ2) is 12.3. The van der Waals surface area contributed by atoms with Gasteiger partial charge in [-0.25, -0.2) is 14.4 Å². The van der Waals surface area contributed by atoms with E-state index in [9.17, 15) is 9.18 Å². The summed E-state index contributed by atoms with van der Waals surface area (Å²) in [6.07, 6.45) is 10.8. The van der Waals surface area contributed by atoms with Crippen LogP contribution >= 0.6 is 0 Å². The number of halogens is 1. The van der Waals surface area contributed by atoms with Crippen LogP contribution in [0.15, 0.2) is 48.8 Å². The Labute approximate surface area is 215 Å². The largest absolute Gasteiger partial charge is 0.486 e. The average Bonchev–Trinajstić information content (AvgIpc) is 3.41. The predicted molar refractivity (Wildman–Crippen MR) is 143 cm³/mol. The van der Waals surface area contributed by atoms with Gasteiger partial charge in [0.05, 0.1) is 30.0 Å². The number of amides is 1. The monoisotopic (exact) mass is 503 g/mol. The van der Waals surface area contributed by atoms with Crippen molar-refractivity contribution in [1.29, 1.82) is 0 Å². The number of terminal acetylenes is 1. The number of nitrogens with zero attached hydrogens (tertiary/aromatic N) is 3. The number of hydrogen-bond acceptors (Lipinski definition) is 7. The second-order valence-corrected chi connectivity index (χ2v) is 8.53. The molecule has 0 aliphatic carbocycles. The van der Waals surface area contributed by atoms with Crippen molar-refractivity contribution in [3.63, 3.8) is 0 Å². The number of nitrogens with one attached hydrogen (secondary N) is 2. The summed E-state index contributed by atoms with van der Waals surface area (Å²) < 4.78 is 25.5. The van der Waals surface area contributed by atoms with E-state index in [2.05, 4.69) is 45.3 Å². The van der Waals surface area contributed by atoms with Gasteiger partial charge in [-0.3, -0.25) is 4.79 Å². The molecule has 2 aromatic carbocycles. The van der Waals surface area contributed by atoms with Gasteiger partial charge in [-0.05, 0) is 37.4 Å². The molecule has 9 heteroatoms. The van der Waals surface area contributed by atoms with Crippen molar-refractivity contribution in [3.8, 4) is 18.1 Å². The maximum atomic E-state index is 13.9. The van der Waals surface area contributed by atoms with Gasteiger partial charge in [-0.1, -0.05) is 25.8 Å². The highest BCUT2D eigenvalue weighted by molar-refractivity contribution is 6.03. The van der Waals surface area contributed by atoms with Crippen LogP contribution in [0.3, 0.4) is 0 Å². The van der Waals surface area contributed by atoms with Gasteiger partial charge in [0.2, 0.25) is 5.91 Å². The molecule has 0 saturated carbocycles. The van der Waals surface area contributed by atoms with E-state index < -0.39 is 5.82 Å². The minimum atomic E-state index is -0.475. The molecule has 0 bridgehead atoms. The highest BCUT2D eigenvalue weighted by Gasteiger charge is 2.21. The Bertz CT molecular complexity index is 1330. The molecule has 192 valence electrons. The number of fused-ring (bicyclic) bond motifs is 1. The lowest BCUT2D eigenvalue weighted by atomic mass is 10.1. The highest BCUT2D eigenvalue weighted by atomic mass is 19.1. The van der Waals surface area contributed by atoms with E-state index in [4.69, 9.17) is 15.9 Å². The van der Waals surface area contributed by atoms with Crippen LogP contribution in [-0.2, 0) is 9.53 Å². The summed E-state index contributed by atoms with van der Waals surface area (Å²) in [6.45, 7) is 7.75. The van der Waals surface area contributed by atoms with Crippen LogP contribution in [0.5, 0.6) is 5.75 Å². The van der Waals surface area contributed by atoms with Crippen LogP contribution in [0, 0.1) is 18.2 Å². The topological polar surface area (TPSA) is 88.6 Å². The number of hydrogen-bond donors (Lipinski definition) is 2. The van der Waals surface area contributed by atoms with Crippen molar-refractivity contribution in [2.45, 2.75) is 26.4 Å². The van der Waals surface area contributed by atoms with Crippen molar-refractivity contribution in [2.24, 2.45) is 0 Å². The molecule has 1 amide bonds. The molecule has 1 fully saturated rings. The predicted octanol–water partition coefficient (Wildman–Crippen LogP) is 4.50. The molecular weight excluding hydrogens is 473 g/mol. The summed E-state index contributed by atoms with van der Waals surface area (Å²) in [6, 6.07) is 7.94. The normalized spacial score (nSPS) is 15.3. The lowest BCUT2D eigenvalue weighted by Gasteiger charge is -2.18. The smallest absolute Gasteiger partial charge is 0.248 e. The third-order valence-corrected chi connectivity index (χ3v) is 6.09. The fraction of sp³-hybridized carbons (Fsp3) is 0.321. The summed E-state index contributed by atoms with van der Waals surface area (Å²) in [4.78, 5) is 23.7. The first-order valence-electron chi connectivity index (χ1n) is 12.3. The molecule has 37 heavy (non-hydrogen) atoms. The van der Waals surface area contributed by atoms with Gasteiger partial charge in [-0.15, -0.1) is 6.42 Å². The van der Waals surface area contributed by atoms with Crippen molar-refractivity contribution < 1.29 is 18.7 Å². The summed E-state index contributed by atoms with van der Waals surface area (Å²) in [7, 11) is 0. The number of benzene rings is 2. The van der Waals surface area contributed by atoms with Crippen LogP contribution in [0.4, 0.5) is 21.6 Å². The average molecular weight is 504 g/mol. The Morgan fingerprint density at radius 3 is 2.86 bits per heavy atom. The molecule has 1 aliphatic rings. The Hall–Kier alpha value is -4.00. The molecule has 8 nitrogen and oxygen atoms in total. The van der Waals surface area contributed by atoms with E-state index >= 15 is 0 Å². The zero-order chi connectivity index (χ0) is 26.2. The Morgan fingerprint density at radius 1 is 1.30 bits per heavy atom. The summed E-state index contributed by atoms with van der Waals surface area (Å²) in [5.74, 6) is 2.55. The number of aromatic nitrogens is 2. The third kappa shape index (κ3) is 6.61. The molecule has 0 radical (unpaired) electrons. The lowest BCUT2D eigenvalue weighted by molar-refractivity contribution is -0.111. The van der Waals surface area contributed by atoms with Gasteiger partial charge in [0.25, 0.3) is 0 Å². The fourth-order valence-electron chi connectivity index (χ4n) is 3.98.